The molecule has 16 heavy (non-hydrogen) atoms. The molecule has 0 spiro atoms. The van der Waals surface area contributed by atoms with Crippen molar-refractivity contribution < 1.29 is 8.81 Å². The maximum atomic E-state index is 12.9. The Morgan fingerprint density at radius 2 is 2.06 bits per heavy atom. The van der Waals surface area contributed by atoms with Crippen LogP contribution in [0, 0.1) is 5.82 Å². The van der Waals surface area contributed by atoms with Gasteiger partial charge in [0.1, 0.15) is 11.6 Å². The molecular weight excluding hydrogens is 250 g/mol. The summed E-state index contributed by atoms with van der Waals surface area (Å²) in [4.78, 5) is 0. The molecule has 0 fully saturated rings. The summed E-state index contributed by atoms with van der Waals surface area (Å²) in [6, 6.07) is 9.69. The highest BCUT2D eigenvalue weighted by Crippen LogP contribution is 2.28. The Kier molecular flexibility index (Phi) is 3.52. The van der Waals surface area contributed by atoms with Crippen LogP contribution in [-0.2, 0) is 6.42 Å². The minimum Gasteiger partial charge on any atom is -0.448 e. The average Bonchev–Trinajstić information content (AvgIpc) is 2.65. The number of alkyl halides is 1. The quantitative estimate of drug-likeness (QED) is 0.734. The third kappa shape index (κ3) is 2.77. The molecule has 1 atom stereocenters. The summed E-state index contributed by atoms with van der Waals surface area (Å²) < 4.78 is 18.1. The lowest BCUT2D eigenvalue weighted by Crippen LogP contribution is -1.94. The van der Waals surface area contributed by atoms with E-state index in [-0.39, 0.29) is 11.2 Å². The van der Waals surface area contributed by atoms with Gasteiger partial charge in [0, 0.05) is 0 Å². The first-order valence-corrected chi connectivity index (χ1v) is 5.60. The number of hydrogen-bond donors (Lipinski definition) is 0. The maximum absolute atomic E-state index is 12.9. The molecule has 0 N–H and O–H groups in total. The van der Waals surface area contributed by atoms with Gasteiger partial charge in [0.15, 0.2) is 5.22 Å². The Morgan fingerprint density at radius 1 is 1.25 bits per heavy atom. The molecule has 84 valence electrons. The van der Waals surface area contributed by atoms with Crippen LogP contribution in [0.15, 0.2) is 40.8 Å². The second-order valence-corrected chi connectivity index (χ2v) is 4.34. The van der Waals surface area contributed by atoms with Gasteiger partial charge in [-0.25, -0.2) is 4.39 Å². The molecule has 0 saturated heterocycles. The highest BCUT2D eigenvalue weighted by atomic mass is 35.5. The molecule has 1 nitrogen and oxygen atoms in total. The molecule has 2 rings (SSSR count). The Labute approximate surface area is 103 Å². The summed E-state index contributed by atoms with van der Waals surface area (Å²) >= 11 is 11.8. The van der Waals surface area contributed by atoms with Gasteiger partial charge in [-0.15, -0.1) is 11.6 Å². The number of benzene rings is 1. The van der Waals surface area contributed by atoms with Gasteiger partial charge >= 0.3 is 0 Å². The van der Waals surface area contributed by atoms with Crippen molar-refractivity contribution in [1.29, 1.82) is 0 Å². The fourth-order valence-corrected chi connectivity index (χ4v) is 1.92. The van der Waals surface area contributed by atoms with Gasteiger partial charge in [-0.1, -0.05) is 12.1 Å². The fourth-order valence-electron chi connectivity index (χ4n) is 1.47. The van der Waals surface area contributed by atoms with E-state index >= 15 is 0 Å². The number of rotatable bonds is 3. The van der Waals surface area contributed by atoms with Gasteiger partial charge in [-0.3, -0.25) is 0 Å². The van der Waals surface area contributed by atoms with Crippen LogP contribution in [0.4, 0.5) is 4.39 Å². The molecule has 2 aromatic rings. The Balaban J connectivity index is 2.10. The van der Waals surface area contributed by atoms with Crippen molar-refractivity contribution in [3.63, 3.8) is 0 Å². The van der Waals surface area contributed by atoms with Crippen molar-refractivity contribution in [2.24, 2.45) is 0 Å². The number of hydrogen-bond acceptors (Lipinski definition) is 1. The molecule has 1 unspecified atom stereocenters. The van der Waals surface area contributed by atoms with Crippen LogP contribution in [-0.4, -0.2) is 0 Å². The van der Waals surface area contributed by atoms with Crippen LogP contribution in [0.3, 0.4) is 0 Å². The molecule has 1 aromatic carbocycles. The normalized spacial score (nSPS) is 12.7. The van der Waals surface area contributed by atoms with Crippen molar-refractivity contribution >= 4 is 23.2 Å². The van der Waals surface area contributed by atoms with Crippen LogP contribution in [0.25, 0.3) is 0 Å². The largest absolute Gasteiger partial charge is 0.448 e. The van der Waals surface area contributed by atoms with E-state index in [1.807, 2.05) is 6.07 Å². The molecule has 0 bridgehead atoms. The molecule has 0 radical (unpaired) electrons. The molecule has 1 aromatic heterocycles. The van der Waals surface area contributed by atoms with E-state index in [4.69, 9.17) is 27.6 Å². The minimum absolute atomic E-state index is 0.265. The zero-order valence-corrected chi connectivity index (χ0v) is 9.80. The Hall–Kier alpha value is -0.990. The molecule has 0 aliphatic rings. The zero-order chi connectivity index (χ0) is 11.5. The van der Waals surface area contributed by atoms with Gasteiger partial charge in [-0.2, -0.15) is 0 Å². The van der Waals surface area contributed by atoms with Gasteiger partial charge < -0.3 is 4.42 Å². The molecule has 0 aliphatic heterocycles. The number of furan rings is 1. The van der Waals surface area contributed by atoms with Crippen LogP contribution in [0.5, 0.6) is 0 Å². The standard InChI is InChI=1S/C12H9Cl2FO/c13-10(11-4-5-12(14)16-11)7-8-2-1-3-9(15)6-8/h1-6,10H,7H2. The lowest BCUT2D eigenvalue weighted by atomic mass is 10.1. The van der Waals surface area contributed by atoms with Gasteiger partial charge in [0.05, 0.1) is 5.38 Å². The van der Waals surface area contributed by atoms with Crippen molar-refractivity contribution in [2.75, 3.05) is 0 Å². The van der Waals surface area contributed by atoms with E-state index in [0.717, 1.165) is 5.56 Å². The van der Waals surface area contributed by atoms with E-state index in [2.05, 4.69) is 0 Å². The van der Waals surface area contributed by atoms with Crippen molar-refractivity contribution in [2.45, 2.75) is 11.8 Å². The van der Waals surface area contributed by atoms with Gasteiger partial charge in [-0.05, 0) is 47.9 Å². The maximum Gasteiger partial charge on any atom is 0.193 e. The molecule has 4 heteroatoms. The summed E-state index contributed by atoms with van der Waals surface area (Å²) in [6.07, 6.45) is 0.503. The summed E-state index contributed by atoms with van der Waals surface area (Å²) in [5.74, 6) is 0.328. The summed E-state index contributed by atoms with van der Waals surface area (Å²) in [6.45, 7) is 0. The molecule has 1 heterocycles. The fraction of sp³-hybridized carbons (Fsp3) is 0.167. The summed E-state index contributed by atoms with van der Waals surface area (Å²) in [5.41, 5.74) is 0.826. The van der Waals surface area contributed by atoms with Gasteiger partial charge in [0.25, 0.3) is 0 Å². The highest BCUT2D eigenvalue weighted by Gasteiger charge is 2.13. The average molecular weight is 259 g/mol. The minimum atomic E-state index is -0.339. The smallest absolute Gasteiger partial charge is 0.193 e. The second-order valence-electron chi connectivity index (χ2n) is 3.44. The molecule has 0 amide bonds. The SMILES string of the molecule is Fc1cccc(CC(Cl)c2ccc(Cl)o2)c1. The van der Waals surface area contributed by atoms with E-state index in [9.17, 15) is 4.39 Å². The van der Waals surface area contributed by atoms with E-state index in [0.29, 0.717) is 17.4 Å². The molecule has 0 aliphatic carbocycles. The first kappa shape index (κ1) is 11.5. The van der Waals surface area contributed by atoms with Crippen molar-refractivity contribution in [1.82, 2.24) is 0 Å². The molecule has 0 saturated carbocycles. The van der Waals surface area contributed by atoms with Crippen molar-refractivity contribution in [3.8, 4) is 0 Å². The van der Waals surface area contributed by atoms with E-state index in [1.54, 1.807) is 18.2 Å². The summed E-state index contributed by atoms with van der Waals surface area (Å²) in [5, 5.41) is -0.0332. The van der Waals surface area contributed by atoms with Gasteiger partial charge in [0.2, 0.25) is 0 Å². The third-order valence-corrected chi connectivity index (χ3v) is 2.78. The Morgan fingerprint density at radius 3 is 2.69 bits per heavy atom. The number of halogens is 3. The van der Waals surface area contributed by atoms with E-state index in [1.165, 1.54) is 12.1 Å². The second kappa shape index (κ2) is 4.89. The van der Waals surface area contributed by atoms with Crippen LogP contribution >= 0.6 is 23.2 Å². The van der Waals surface area contributed by atoms with E-state index < -0.39 is 0 Å². The van der Waals surface area contributed by atoms with Crippen LogP contribution < -0.4 is 0 Å². The third-order valence-electron chi connectivity index (χ3n) is 2.21. The monoisotopic (exact) mass is 258 g/mol. The summed E-state index contributed by atoms with van der Waals surface area (Å²) in [7, 11) is 0. The first-order chi connectivity index (χ1) is 7.65. The lowest BCUT2D eigenvalue weighted by Gasteiger charge is -2.06. The molecular formula is C12H9Cl2FO. The predicted molar refractivity (Wildman–Crippen MR) is 62.4 cm³/mol. The first-order valence-electron chi connectivity index (χ1n) is 4.79. The van der Waals surface area contributed by atoms with Crippen molar-refractivity contribution in [3.05, 3.63) is 58.8 Å². The lowest BCUT2D eigenvalue weighted by molar-refractivity contribution is 0.503. The predicted octanol–water partition coefficient (Wildman–Crippen LogP) is 4.59. The van der Waals surface area contributed by atoms with Crippen LogP contribution in [0.1, 0.15) is 16.7 Å². The highest BCUT2D eigenvalue weighted by molar-refractivity contribution is 6.29. The topological polar surface area (TPSA) is 13.1 Å². The van der Waals surface area contributed by atoms with Crippen LogP contribution in [0.2, 0.25) is 5.22 Å². The zero-order valence-electron chi connectivity index (χ0n) is 8.29. The Bertz CT molecular complexity index is 481.